The van der Waals surface area contributed by atoms with Gasteiger partial charge >= 0.3 is 12.1 Å². The topological polar surface area (TPSA) is 41.1 Å². The van der Waals surface area contributed by atoms with E-state index in [1.807, 2.05) is 12.2 Å². The lowest BCUT2D eigenvalue weighted by Gasteiger charge is -2.12. The van der Waals surface area contributed by atoms with Gasteiger partial charge in [0, 0.05) is 18.6 Å². The van der Waals surface area contributed by atoms with Crippen LogP contribution in [0.15, 0.2) is 0 Å². The Morgan fingerprint density at radius 3 is 2.54 bits per heavy atom. The maximum atomic E-state index is 11.8. The molecule has 0 aromatic heterocycles. The molecule has 0 spiro atoms. The van der Waals surface area contributed by atoms with Crippen LogP contribution in [-0.2, 0) is 4.79 Å². The molecule has 0 saturated carbocycles. The summed E-state index contributed by atoms with van der Waals surface area (Å²) in [5, 5.41) is 4.87. The molecule has 1 amide bonds. The first-order valence-electron chi connectivity index (χ1n) is 4.00. The second-order valence-electron chi connectivity index (χ2n) is 3.21. The number of carbonyl (C=O) groups excluding carboxylic acids is 1. The molecular formula is C7H11F3N2O. The molecule has 1 rings (SSSR count). The number of amides is 1. The lowest BCUT2D eigenvalue weighted by atomic mass is 10.2. The molecule has 0 aliphatic carbocycles. The Bertz CT molecular complexity index is 204. The molecule has 76 valence electrons. The van der Waals surface area contributed by atoms with Gasteiger partial charge in [0.1, 0.15) is 0 Å². The van der Waals surface area contributed by atoms with Gasteiger partial charge < -0.3 is 10.6 Å². The second-order valence-corrected chi connectivity index (χ2v) is 3.21. The summed E-state index contributed by atoms with van der Waals surface area (Å²) in [6.45, 7) is 2.27. The van der Waals surface area contributed by atoms with E-state index in [4.69, 9.17) is 0 Å². The first kappa shape index (κ1) is 10.3. The van der Waals surface area contributed by atoms with Crippen molar-refractivity contribution in [1.82, 2.24) is 10.6 Å². The highest BCUT2D eigenvalue weighted by molar-refractivity contribution is 5.81. The summed E-state index contributed by atoms with van der Waals surface area (Å²) in [5.74, 6) is -1.85. The summed E-state index contributed by atoms with van der Waals surface area (Å²) in [7, 11) is 0. The fourth-order valence-corrected chi connectivity index (χ4v) is 1.31. The lowest BCUT2D eigenvalue weighted by molar-refractivity contribution is -0.174. The van der Waals surface area contributed by atoms with Gasteiger partial charge in [-0.1, -0.05) is 0 Å². The fourth-order valence-electron chi connectivity index (χ4n) is 1.31. The number of nitrogens with one attached hydrogen (secondary N) is 2. The van der Waals surface area contributed by atoms with Crippen LogP contribution in [0.5, 0.6) is 0 Å². The van der Waals surface area contributed by atoms with E-state index in [1.54, 1.807) is 0 Å². The highest BCUT2D eigenvalue weighted by Gasteiger charge is 2.40. The van der Waals surface area contributed by atoms with Crippen molar-refractivity contribution in [1.29, 1.82) is 0 Å². The molecule has 1 fully saturated rings. The van der Waals surface area contributed by atoms with Crippen LogP contribution in [-0.4, -0.2) is 30.7 Å². The SMILES string of the molecule is C[C@H]1C[C@@H](NC(=O)C(F)(F)F)CN1. The Morgan fingerprint density at radius 2 is 2.15 bits per heavy atom. The zero-order valence-electron chi connectivity index (χ0n) is 7.11. The molecule has 0 radical (unpaired) electrons. The molecule has 2 atom stereocenters. The molecule has 1 heterocycles. The maximum Gasteiger partial charge on any atom is 0.471 e. The van der Waals surface area contributed by atoms with Crippen molar-refractivity contribution >= 4 is 5.91 Å². The third kappa shape index (κ3) is 2.87. The van der Waals surface area contributed by atoms with Gasteiger partial charge in [-0.2, -0.15) is 13.2 Å². The van der Waals surface area contributed by atoms with Gasteiger partial charge in [-0.15, -0.1) is 0 Å². The molecule has 13 heavy (non-hydrogen) atoms. The summed E-state index contributed by atoms with van der Waals surface area (Å²) in [6.07, 6.45) is -4.23. The lowest BCUT2D eigenvalue weighted by Crippen LogP contribution is -2.43. The molecule has 0 bridgehead atoms. The summed E-state index contributed by atoms with van der Waals surface area (Å²) in [4.78, 5) is 10.5. The largest absolute Gasteiger partial charge is 0.471 e. The van der Waals surface area contributed by atoms with Crippen LogP contribution in [0.4, 0.5) is 13.2 Å². The Morgan fingerprint density at radius 1 is 1.54 bits per heavy atom. The van der Waals surface area contributed by atoms with Crippen molar-refractivity contribution in [3.05, 3.63) is 0 Å². The molecule has 1 aliphatic heterocycles. The molecule has 0 aromatic carbocycles. The van der Waals surface area contributed by atoms with Crippen LogP contribution >= 0.6 is 0 Å². The summed E-state index contributed by atoms with van der Waals surface area (Å²) >= 11 is 0. The zero-order chi connectivity index (χ0) is 10.1. The van der Waals surface area contributed by atoms with E-state index >= 15 is 0 Å². The van der Waals surface area contributed by atoms with Gasteiger partial charge in [0.2, 0.25) is 0 Å². The average molecular weight is 196 g/mol. The number of halogens is 3. The number of alkyl halides is 3. The van der Waals surface area contributed by atoms with Crippen LogP contribution in [0.1, 0.15) is 13.3 Å². The fraction of sp³-hybridized carbons (Fsp3) is 0.857. The van der Waals surface area contributed by atoms with E-state index in [2.05, 4.69) is 5.32 Å². The Balaban J connectivity index is 2.37. The number of carbonyl (C=O) groups is 1. The van der Waals surface area contributed by atoms with E-state index in [0.717, 1.165) is 0 Å². The van der Waals surface area contributed by atoms with Gasteiger partial charge in [0.15, 0.2) is 0 Å². The molecule has 2 N–H and O–H groups in total. The third-order valence-electron chi connectivity index (χ3n) is 1.94. The van der Waals surface area contributed by atoms with Crippen LogP contribution < -0.4 is 10.6 Å². The molecule has 1 aliphatic rings. The van der Waals surface area contributed by atoms with Crippen LogP contribution in [0.25, 0.3) is 0 Å². The van der Waals surface area contributed by atoms with Crippen molar-refractivity contribution in [3.63, 3.8) is 0 Å². The monoisotopic (exact) mass is 196 g/mol. The standard InChI is InChI=1S/C7H11F3N2O/c1-4-2-5(3-11-4)12-6(13)7(8,9)10/h4-5,11H,2-3H2,1H3,(H,12,13)/t4-,5+/m0/s1. The minimum atomic E-state index is -4.77. The van der Waals surface area contributed by atoms with Crippen molar-refractivity contribution in [2.75, 3.05) is 6.54 Å². The smallest absolute Gasteiger partial charge is 0.344 e. The number of hydrogen-bond donors (Lipinski definition) is 2. The van der Waals surface area contributed by atoms with E-state index in [9.17, 15) is 18.0 Å². The van der Waals surface area contributed by atoms with Crippen LogP contribution in [0.3, 0.4) is 0 Å². The van der Waals surface area contributed by atoms with Gasteiger partial charge in [-0.25, -0.2) is 0 Å². The van der Waals surface area contributed by atoms with Crippen molar-refractivity contribution in [2.45, 2.75) is 31.6 Å². The van der Waals surface area contributed by atoms with E-state index < -0.39 is 18.1 Å². The van der Waals surface area contributed by atoms with Crippen LogP contribution in [0, 0.1) is 0 Å². The van der Waals surface area contributed by atoms with Crippen molar-refractivity contribution in [2.24, 2.45) is 0 Å². The van der Waals surface area contributed by atoms with E-state index in [1.165, 1.54) is 0 Å². The first-order valence-corrected chi connectivity index (χ1v) is 4.00. The minimum absolute atomic E-state index is 0.165. The molecular weight excluding hydrogens is 185 g/mol. The zero-order valence-corrected chi connectivity index (χ0v) is 7.11. The Hall–Kier alpha value is -0.780. The summed E-state index contributed by atoms with van der Waals surface area (Å²) < 4.78 is 35.3. The number of hydrogen-bond acceptors (Lipinski definition) is 2. The van der Waals surface area contributed by atoms with Crippen molar-refractivity contribution < 1.29 is 18.0 Å². The molecule has 1 saturated heterocycles. The average Bonchev–Trinajstić information content (AvgIpc) is 2.33. The second kappa shape index (κ2) is 3.53. The molecule has 0 unspecified atom stereocenters. The first-order chi connectivity index (χ1) is 5.89. The van der Waals surface area contributed by atoms with Gasteiger partial charge in [-0.05, 0) is 13.3 Å². The van der Waals surface area contributed by atoms with Gasteiger partial charge in [-0.3, -0.25) is 4.79 Å². The summed E-state index contributed by atoms with van der Waals surface area (Å²) in [5.41, 5.74) is 0. The van der Waals surface area contributed by atoms with Crippen LogP contribution in [0.2, 0.25) is 0 Å². The quantitative estimate of drug-likeness (QED) is 0.638. The Kier molecular flexibility index (Phi) is 2.80. The highest BCUT2D eigenvalue weighted by atomic mass is 19.4. The predicted molar refractivity (Wildman–Crippen MR) is 40.1 cm³/mol. The predicted octanol–water partition coefficient (Wildman–Crippen LogP) is 0.415. The van der Waals surface area contributed by atoms with E-state index in [0.29, 0.717) is 13.0 Å². The molecule has 6 heteroatoms. The maximum absolute atomic E-state index is 11.8. The Labute approximate surface area is 73.7 Å². The van der Waals surface area contributed by atoms with Crippen molar-refractivity contribution in [3.8, 4) is 0 Å². The highest BCUT2D eigenvalue weighted by Crippen LogP contribution is 2.15. The summed E-state index contributed by atoms with van der Waals surface area (Å²) in [6, 6.07) is -0.234. The van der Waals surface area contributed by atoms with E-state index in [-0.39, 0.29) is 6.04 Å². The number of rotatable bonds is 1. The minimum Gasteiger partial charge on any atom is -0.344 e. The molecule has 3 nitrogen and oxygen atoms in total. The van der Waals surface area contributed by atoms with Gasteiger partial charge in [0.05, 0.1) is 0 Å². The van der Waals surface area contributed by atoms with Gasteiger partial charge in [0.25, 0.3) is 0 Å². The third-order valence-corrected chi connectivity index (χ3v) is 1.94. The normalized spacial score (nSPS) is 28.9. The molecule has 0 aromatic rings.